The van der Waals surface area contributed by atoms with Gasteiger partial charge in [0.25, 0.3) is 0 Å². The van der Waals surface area contributed by atoms with Crippen molar-refractivity contribution in [2.24, 2.45) is 0 Å². The highest BCUT2D eigenvalue weighted by Crippen LogP contribution is 2.28. The lowest BCUT2D eigenvalue weighted by atomic mass is 10.1. The highest BCUT2D eigenvalue weighted by molar-refractivity contribution is 5.98. The predicted octanol–water partition coefficient (Wildman–Crippen LogP) is 3.43. The van der Waals surface area contributed by atoms with Gasteiger partial charge in [-0.15, -0.1) is 0 Å². The smallest absolute Gasteiger partial charge is 0.0630 e. The van der Waals surface area contributed by atoms with Gasteiger partial charge in [0.15, 0.2) is 0 Å². The average molecular weight is 249 g/mol. The predicted molar refractivity (Wildman–Crippen MR) is 79.9 cm³/mol. The molecule has 3 N–H and O–H groups in total. The third kappa shape index (κ3) is 2.36. The largest absolute Gasteiger partial charge is 0.397 e. The van der Waals surface area contributed by atoms with Crippen molar-refractivity contribution in [3.63, 3.8) is 0 Å². The molecule has 0 atom stereocenters. The van der Waals surface area contributed by atoms with Crippen molar-refractivity contribution in [2.45, 2.75) is 6.54 Å². The van der Waals surface area contributed by atoms with Gasteiger partial charge < -0.3 is 11.1 Å². The molecule has 0 unspecified atom stereocenters. The number of anilines is 2. The number of benzene rings is 2. The van der Waals surface area contributed by atoms with E-state index in [9.17, 15) is 0 Å². The summed E-state index contributed by atoms with van der Waals surface area (Å²) in [5, 5.41) is 5.47. The van der Waals surface area contributed by atoms with E-state index < -0.39 is 0 Å². The Morgan fingerprint density at radius 3 is 2.68 bits per heavy atom. The highest BCUT2D eigenvalue weighted by atomic mass is 14.9. The summed E-state index contributed by atoms with van der Waals surface area (Å²) in [6.07, 6.45) is 3.59. The second kappa shape index (κ2) is 4.98. The van der Waals surface area contributed by atoms with Gasteiger partial charge in [0.2, 0.25) is 0 Å². The van der Waals surface area contributed by atoms with Crippen molar-refractivity contribution in [1.82, 2.24) is 4.98 Å². The minimum Gasteiger partial charge on any atom is -0.397 e. The molecule has 0 saturated heterocycles. The second-order valence-corrected chi connectivity index (χ2v) is 4.46. The zero-order chi connectivity index (χ0) is 13.1. The summed E-state index contributed by atoms with van der Waals surface area (Å²) < 4.78 is 0. The quantitative estimate of drug-likeness (QED) is 0.699. The fourth-order valence-corrected chi connectivity index (χ4v) is 2.14. The van der Waals surface area contributed by atoms with Crippen LogP contribution in [0.3, 0.4) is 0 Å². The Bertz CT molecular complexity index is 693. The molecule has 0 radical (unpaired) electrons. The van der Waals surface area contributed by atoms with Gasteiger partial charge in [0.1, 0.15) is 0 Å². The van der Waals surface area contributed by atoms with E-state index in [1.165, 1.54) is 5.56 Å². The van der Waals surface area contributed by atoms with Gasteiger partial charge in [-0.05, 0) is 17.7 Å². The standard InChI is InChI=1S/C16H15N3/c17-16-14-8-9-18-11-13(14)6-7-15(16)19-10-12-4-2-1-3-5-12/h1-9,11,19H,10,17H2. The van der Waals surface area contributed by atoms with Gasteiger partial charge in [0, 0.05) is 29.7 Å². The molecule has 0 saturated carbocycles. The lowest BCUT2D eigenvalue weighted by molar-refractivity contribution is 1.15. The van der Waals surface area contributed by atoms with Crippen LogP contribution in [0.2, 0.25) is 0 Å². The van der Waals surface area contributed by atoms with Gasteiger partial charge in [-0.25, -0.2) is 0 Å². The SMILES string of the molecule is Nc1c(NCc2ccccc2)ccc2cnccc12. The number of nitrogens with zero attached hydrogens (tertiary/aromatic N) is 1. The van der Waals surface area contributed by atoms with Crippen molar-refractivity contribution in [2.75, 3.05) is 11.1 Å². The summed E-state index contributed by atoms with van der Waals surface area (Å²) in [6, 6.07) is 16.2. The Morgan fingerprint density at radius 1 is 1.00 bits per heavy atom. The summed E-state index contributed by atoms with van der Waals surface area (Å²) in [5.41, 5.74) is 9.16. The summed E-state index contributed by atoms with van der Waals surface area (Å²) in [7, 11) is 0. The molecule has 0 bridgehead atoms. The first-order valence-corrected chi connectivity index (χ1v) is 6.24. The van der Waals surface area contributed by atoms with E-state index in [1.807, 2.05) is 42.6 Å². The molecule has 1 aromatic heterocycles. The molecule has 94 valence electrons. The van der Waals surface area contributed by atoms with E-state index >= 15 is 0 Å². The van der Waals surface area contributed by atoms with E-state index in [-0.39, 0.29) is 0 Å². The summed E-state index contributed by atoms with van der Waals surface area (Å²) in [5.74, 6) is 0. The number of nitrogens with one attached hydrogen (secondary N) is 1. The molecule has 3 aromatic rings. The molecule has 2 aromatic carbocycles. The molecule has 3 nitrogen and oxygen atoms in total. The lowest BCUT2D eigenvalue weighted by Crippen LogP contribution is -2.02. The first kappa shape index (κ1) is 11.5. The van der Waals surface area contributed by atoms with Crippen LogP contribution < -0.4 is 11.1 Å². The van der Waals surface area contributed by atoms with E-state index in [2.05, 4.69) is 22.4 Å². The maximum atomic E-state index is 6.19. The Kier molecular flexibility index (Phi) is 3.02. The molecule has 0 amide bonds. The average Bonchev–Trinajstić information content (AvgIpc) is 2.48. The summed E-state index contributed by atoms with van der Waals surface area (Å²) in [4.78, 5) is 4.10. The molecular weight excluding hydrogens is 234 g/mol. The number of pyridine rings is 1. The molecule has 0 aliphatic carbocycles. The fourth-order valence-electron chi connectivity index (χ4n) is 2.14. The molecular formula is C16H15N3. The molecule has 0 spiro atoms. The van der Waals surface area contributed by atoms with Crippen LogP contribution in [-0.2, 0) is 6.54 Å². The van der Waals surface area contributed by atoms with Crippen LogP contribution in [0.1, 0.15) is 5.56 Å². The number of rotatable bonds is 3. The van der Waals surface area contributed by atoms with Crippen molar-refractivity contribution < 1.29 is 0 Å². The number of nitrogens with two attached hydrogens (primary N) is 1. The number of hydrogen-bond acceptors (Lipinski definition) is 3. The minimum atomic E-state index is 0.766. The van der Waals surface area contributed by atoms with Crippen LogP contribution in [0.25, 0.3) is 10.8 Å². The maximum absolute atomic E-state index is 6.19. The molecule has 3 rings (SSSR count). The van der Waals surface area contributed by atoms with Crippen LogP contribution in [0.4, 0.5) is 11.4 Å². The van der Waals surface area contributed by atoms with Crippen molar-refractivity contribution >= 4 is 22.1 Å². The number of aromatic nitrogens is 1. The van der Waals surface area contributed by atoms with E-state index in [0.29, 0.717) is 0 Å². The zero-order valence-electron chi connectivity index (χ0n) is 10.5. The van der Waals surface area contributed by atoms with E-state index in [1.54, 1.807) is 6.20 Å². The maximum Gasteiger partial charge on any atom is 0.0630 e. The van der Waals surface area contributed by atoms with E-state index in [0.717, 1.165) is 28.7 Å². The van der Waals surface area contributed by atoms with Gasteiger partial charge in [-0.1, -0.05) is 36.4 Å². The first-order valence-electron chi connectivity index (χ1n) is 6.24. The van der Waals surface area contributed by atoms with Crippen molar-refractivity contribution in [3.8, 4) is 0 Å². The second-order valence-electron chi connectivity index (χ2n) is 4.46. The van der Waals surface area contributed by atoms with Gasteiger partial charge in [-0.3, -0.25) is 4.98 Å². The van der Waals surface area contributed by atoms with Crippen LogP contribution >= 0.6 is 0 Å². The lowest BCUT2D eigenvalue weighted by Gasteiger charge is -2.11. The molecule has 0 aliphatic heterocycles. The number of hydrogen-bond donors (Lipinski definition) is 2. The van der Waals surface area contributed by atoms with Crippen molar-refractivity contribution in [1.29, 1.82) is 0 Å². The van der Waals surface area contributed by atoms with Gasteiger partial charge >= 0.3 is 0 Å². The number of nitrogen functional groups attached to an aromatic ring is 1. The first-order chi connectivity index (χ1) is 9.34. The monoisotopic (exact) mass is 249 g/mol. The van der Waals surface area contributed by atoms with Crippen molar-refractivity contribution in [3.05, 3.63) is 66.5 Å². The van der Waals surface area contributed by atoms with Gasteiger partial charge in [0.05, 0.1) is 11.4 Å². The van der Waals surface area contributed by atoms with Gasteiger partial charge in [-0.2, -0.15) is 0 Å². The highest BCUT2D eigenvalue weighted by Gasteiger charge is 2.03. The number of fused-ring (bicyclic) bond motifs is 1. The van der Waals surface area contributed by atoms with Crippen LogP contribution in [0, 0.1) is 0 Å². The fraction of sp³-hybridized carbons (Fsp3) is 0.0625. The molecule has 19 heavy (non-hydrogen) atoms. The normalized spacial score (nSPS) is 10.5. The Morgan fingerprint density at radius 2 is 1.84 bits per heavy atom. The Balaban J connectivity index is 1.87. The Hall–Kier alpha value is -2.55. The Labute approximate surface area is 112 Å². The zero-order valence-corrected chi connectivity index (χ0v) is 10.5. The molecule has 3 heteroatoms. The molecule has 0 fully saturated rings. The third-order valence-corrected chi connectivity index (χ3v) is 3.19. The van der Waals surface area contributed by atoms with Crippen LogP contribution in [-0.4, -0.2) is 4.98 Å². The van der Waals surface area contributed by atoms with Crippen LogP contribution in [0.15, 0.2) is 60.9 Å². The topological polar surface area (TPSA) is 50.9 Å². The summed E-state index contributed by atoms with van der Waals surface area (Å²) in [6.45, 7) is 0.766. The van der Waals surface area contributed by atoms with Crippen LogP contribution in [0.5, 0.6) is 0 Å². The molecule has 0 aliphatic rings. The summed E-state index contributed by atoms with van der Waals surface area (Å²) >= 11 is 0. The molecule has 1 heterocycles. The van der Waals surface area contributed by atoms with E-state index in [4.69, 9.17) is 5.73 Å². The minimum absolute atomic E-state index is 0.766. The third-order valence-electron chi connectivity index (χ3n) is 3.19.